The first-order valence-electron chi connectivity index (χ1n) is 14.6. The highest BCUT2D eigenvalue weighted by atomic mass is 32.2. The van der Waals surface area contributed by atoms with Crippen LogP contribution in [0.15, 0.2) is 115 Å². The molecule has 10 nitrogen and oxygen atoms in total. The number of ether oxygens (including phenoxy) is 3. The molecular formula is C34H33N5O5S. The smallest absolute Gasteiger partial charge is 0.319 e. The second kappa shape index (κ2) is 14.9. The number of carbonyl (C=O) groups excluding carboxylic acids is 1. The molecule has 0 radical (unpaired) electrons. The third kappa shape index (κ3) is 8.49. The van der Waals surface area contributed by atoms with Gasteiger partial charge in [0.05, 0.1) is 18.8 Å². The summed E-state index contributed by atoms with van der Waals surface area (Å²) in [5, 5.41) is 22.7. The monoisotopic (exact) mass is 623 g/mol. The average molecular weight is 624 g/mol. The highest BCUT2D eigenvalue weighted by molar-refractivity contribution is 7.99. The fraction of sp³-hybridized carbons (Fsp3) is 0.206. The number of H-pyrrole nitrogens is 1. The van der Waals surface area contributed by atoms with E-state index >= 15 is 0 Å². The van der Waals surface area contributed by atoms with Gasteiger partial charge in [0.2, 0.25) is 0 Å². The van der Waals surface area contributed by atoms with Gasteiger partial charge in [-0.2, -0.15) is 5.10 Å². The number of hydrogen-bond acceptors (Lipinski definition) is 8. The van der Waals surface area contributed by atoms with Gasteiger partial charge in [-0.1, -0.05) is 78.5 Å². The molecule has 4 N–H and O–H groups in total. The maximum absolute atomic E-state index is 12.6. The summed E-state index contributed by atoms with van der Waals surface area (Å²) >= 11 is 1.55. The minimum atomic E-state index is -0.569. The van der Waals surface area contributed by atoms with Crippen molar-refractivity contribution in [3.05, 3.63) is 132 Å². The Bertz CT molecular complexity index is 1640. The van der Waals surface area contributed by atoms with E-state index in [1.54, 1.807) is 23.9 Å². The molecule has 2 heterocycles. The number of nitrogens with one attached hydrogen (secondary N) is 3. The van der Waals surface area contributed by atoms with E-state index in [-0.39, 0.29) is 24.8 Å². The maximum atomic E-state index is 12.6. The van der Waals surface area contributed by atoms with E-state index in [1.165, 1.54) is 6.33 Å². The molecule has 0 saturated carbocycles. The molecule has 11 heteroatoms. The number of nitrogens with zero attached hydrogens (tertiary/aromatic N) is 2. The minimum absolute atomic E-state index is 0.00539. The van der Waals surface area contributed by atoms with Crippen LogP contribution >= 0.6 is 11.8 Å². The summed E-state index contributed by atoms with van der Waals surface area (Å²) in [6.45, 7) is 0.346. The van der Waals surface area contributed by atoms with Crippen molar-refractivity contribution >= 4 is 23.5 Å². The van der Waals surface area contributed by atoms with Gasteiger partial charge in [-0.3, -0.25) is 5.10 Å². The summed E-state index contributed by atoms with van der Waals surface area (Å²) in [7, 11) is 0. The standard InChI is InChI=1S/C34H33N5O5S/c40-20-24-8-10-25(11-9-24)31-18-30(21-45-34-36-22-37-39-34)43-32(44-31)26-12-6-23(7-13-26)19-35-33(41)38-27-14-16-29(17-15-27)42-28-4-2-1-3-5-28/h1-17,22,30-32,40H,18-21H2,(H2,35,38,41)(H,36,37,39). The Morgan fingerprint density at radius 1 is 0.889 bits per heavy atom. The molecule has 3 unspecified atom stereocenters. The van der Waals surface area contributed by atoms with Crippen molar-refractivity contribution in [1.82, 2.24) is 20.5 Å². The molecule has 0 bridgehead atoms. The van der Waals surface area contributed by atoms with Crippen molar-refractivity contribution in [2.24, 2.45) is 0 Å². The lowest BCUT2D eigenvalue weighted by molar-refractivity contribution is -0.245. The number of aromatic amines is 1. The van der Waals surface area contributed by atoms with Crippen LogP contribution in [0.5, 0.6) is 11.5 Å². The average Bonchev–Trinajstić information content (AvgIpc) is 3.62. The molecule has 3 atom stereocenters. The van der Waals surface area contributed by atoms with Gasteiger partial charge < -0.3 is 30.0 Å². The summed E-state index contributed by atoms with van der Waals surface area (Å²) in [5.41, 5.74) is 4.35. The van der Waals surface area contributed by atoms with Crippen LogP contribution in [0.1, 0.15) is 41.1 Å². The highest BCUT2D eigenvalue weighted by Gasteiger charge is 2.32. The molecule has 5 aromatic rings. The molecule has 0 spiro atoms. The van der Waals surface area contributed by atoms with Crippen molar-refractivity contribution < 1.29 is 24.1 Å². The van der Waals surface area contributed by atoms with Crippen LogP contribution in [0, 0.1) is 0 Å². The first kappa shape index (κ1) is 30.4. The minimum Gasteiger partial charge on any atom is -0.457 e. The molecule has 1 aliphatic heterocycles. The molecular weight excluding hydrogens is 590 g/mol. The third-order valence-corrected chi connectivity index (χ3v) is 8.22. The lowest BCUT2D eigenvalue weighted by Crippen LogP contribution is -2.31. The van der Waals surface area contributed by atoms with E-state index in [0.717, 1.165) is 33.2 Å². The molecule has 2 amide bonds. The largest absolute Gasteiger partial charge is 0.457 e. The SMILES string of the molecule is O=C(NCc1ccc(C2OC(CSc3ncn[nH]3)CC(c3ccc(CO)cc3)O2)cc1)Nc1ccc(Oc2ccccc2)cc1. The highest BCUT2D eigenvalue weighted by Crippen LogP contribution is 2.39. The van der Waals surface area contributed by atoms with E-state index in [1.807, 2.05) is 91.0 Å². The summed E-state index contributed by atoms with van der Waals surface area (Å²) in [6, 6.07) is 32.1. The maximum Gasteiger partial charge on any atom is 0.319 e. The molecule has 45 heavy (non-hydrogen) atoms. The van der Waals surface area contributed by atoms with Crippen LogP contribution in [0.2, 0.25) is 0 Å². The normalized spacial score (nSPS) is 17.8. The van der Waals surface area contributed by atoms with Crippen LogP contribution in [0.25, 0.3) is 0 Å². The van der Waals surface area contributed by atoms with Gasteiger partial charge in [0.1, 0.15) is 17.8 Å². The first-order chi connectivity index (χ1) is 22.1. The van der Waals surface area contributed by atoms with Crippen LogP contribution in [0.3, 0.4) is 0 Å². The van der Waals surface area contributed by atoms with E-state index in [2.05, 4.69) is 25.8 Å². The van der Waals surface area contributed by atoms with Crippen LogP contribution in [-0.4, -0.2) is 38.2 Å². The van der Waals surface area contributed by atoms with Crippen molar-refractivity contribution in [3.63, 3.8) is 0 Å². The van der Waals surface area contributed by atoms with Crippen LogP contribution in [-0.2, 0) is 22.6 Å². The number of hydrogen-bond donors (Lipinski definition) is 4. The lowest BCUT2D eigenvalue weighted by Gasteiger charge is -2.36. The number of amides is 2. The number of thioether (sulfide) groups is 1. The fourth-order valence-corrected chi connectivity index (χ4v) is 5.64. The molecule has 1 fully saturated rings. The summed E-state index contributed by atoms with van der Waals surface area (Å²) in [4.78, 5) is 16.8. The molecule has 1 saturated heterocycles. The summed E-state index contributed by atoms with van der Waals surface area (Å²) in [5.74, 6) is 2.11. The lowest BCUT2D eigenvalue weighted by atomic mass is 10.0. The van der Waals surface area contributed by atoms with Gasteiger partial charge in [0.15, 0.2) is 11.4 Å². The zero-order chi connectivity index (χ0) is 30.8. The number of aliphatic hydroxyl groups is 1. The third-order valence-electron chi connectivity index (χ3n) is 7.21. The van der Waals surface area contributed by atoms with Gasteiger partial charge in [0.25, 0.3) is 0 Å². The Balaban J connectivity index is 1.04. The number of aromatic nitrogens is 3. The number of aliphatic hydroxyl groups excluding tert-OH is 1. The molecule has 230 valence electrons. The second-order valence-electron chi connectivity index (χ2n) is 10.4. The van der Waals surface area contributed by atoms with Gasteiger partial charge in [-0.15, -0.1) is 0 Å². The van der Waals surface area contributed by atoms with Crippen molar-refractivity contribution in [1.29, 1.82) is 0 Å². The Labute approximate surface area is 265 Å². The fourth-order valence-electron chi connectivity index (χ4n) is 4.84. The van der Waals surface area contributed by atoms with Crippen molar-refractivity contribution in [2.75, 3.05) is 11.1 Å². The topological polar surface area (TPSA) is 131 Å². The predicted molar refractivity (Wildman–Crippen MR) is 171 cm³/mol. The number of carbonyl (C=O) groups is 1. The number of para-hydroxylation sites is 1. The summed E-state index contributed by atoms with van der Waals surface area (Å²) in [6.07, 6.45) is 1.32. The van der Waals surface area contributed by atoms with Crippen molar-refractivity contribution in [3.8, 4) is 11.5 Å². The number of rotatable bonds is 11. The second-order valence-corrected chi connectivity index (χ2v) is 11.4. The number of benzene rings is 4. The van der Waals surface area contributed by atoms with Crippen LogP contribution < -0.4 is 15.4 Å². The van der Waals surface area contributed by atoms with E-state index in [0.29, 0.717) is 30.2 Å². The molecule has 4 aromatic carbocycles. The first-order valence-corrected chi connectivity index (χ1v) is 15.6. The van der Waals surface area contributed by atoms with Gasteiger partial charge in [-0.05, 0) is 53.1 Å². The quantitative estimate of drug-likeness (QED) is 0.119. The molecule has 0 aliphatic carbocycles. The molecule has 1 aliphatic rings. The zero-order valence-corrected chi connectivity index (χ0v) is 25.2. The predicted octanol–water partition coefficient (Wildman–Crippen LogP) is 6.75. The number of urea groups is 1. The molecule has 1 aromatic heterocycles. The van der Waals surface area contributed by atoms with Gasteiger partial charge in [-0.25, -0.2) is 9.78 Å². The van der Waals surface area contributed by atoms with Gasteiger partial charge >= 0.3 is 6.03 Å². The Kier molecular flexibility index (Phi) is 10.0. The Morgan fingerprint density at radius 2 is 1.60 bits per heavy atom. The zero-order valence-electron chi connectivity index (χ0n) is 24.3. The van der Waals surface area contributed by atoms with Crippen LogP contribution in [0.4, 0.5) is 10.5 Å². The van der Waals surface area contributed by atoms with E-state index in [4.69, 9.17) is 14.2 Å². The van der Waals surface area contributed by atoms with E-state index in [9.17, 15) is 9.90 Å². The van der Waals surface area contributed by atoms with Crippen molar-refractivity contribution in [2.45, 2.75) is 43.2 Å². The van der Waals surface area contributed by atoms with E-state index < -0.39 is 6.29 Å². The Morgan fingerprint density at radius 3 is 2.31 bits per heavy atom. The molecule has 6 rings (SSSR count). The van der Waals surface area contributed by atoms with Gasteiger partial charge in [0, 0.05) is 30.0 Å². The Hall–Kier alpha value is -4.68. The summed E-state index contributed by atoms with van der Waals surface area (Å²) < 4.78 is 18.6. The number of anilines is 1.